The van der Waals surface area contributed by atoms with Crippen LogP contribution in [-0.4, -0.2) is 17.0 Å². The topological polar surface area (TPSA) is 69.2 Å². The summed E-state index contributed by atoms with van der Waals surface area (Å²) in [5.74, 6) is -5.32. The van der Waals surface area contributed by atoms with Crippen LogP contribution in [-0.2, 0) is 0 Å². The summed E-state index contributed by atoms with van der Waals surface area (Å²) in [7, 11) is 0. The standard InChI is InChI=1S/C9H6ClF5N2O2/c10-4-1-2-6(17(18)19)5(3-4)7(16)8(11,12)9(13,14)15/h1-3,7H,16H2/t7-/m1/s1. The molecule has 0 amide bonds. The van der Waals surface area contributed by atoms with Gasteiger partial charge in [-0.2, -0.15) is 22.0 Å². The summed E-state index contributed by atoms with van der Waals surface area (Å²) in [5, 5.41) is 10.4. The van der Waals surface area contributed by atoms with Crippen molar-refractivity contribution in [2.24, 2.45) is 5.73 Å². The van der Waals surface area contributed by atoms with Gasteiger partial charge in [-0.15, -0.1) is 0 Å². The monoisotopic (exact) mass is 304 g/mol. The molecule has 0 heterocycles. The van der Waals surface area contributed by atoms with Crippen molar-refractivity contribution in [1.29, 1.82) is 0 Å². The molecular formula is C9H6ClF5N2O2. The third-order valence-corrected chi connectivity index (χ3v) is 2.52. The molecule has 0 saturated carbocycles. The van der Waals surface area contributed by atoms with Gasteiger partial charge in [0.2, 0.25) is 0 Å². The average Bonchev–Trinajstić information content (AvgIpc) is 2.25. The fourth-order valence-corrected chi connectivity index (χ4v) is 1.49. The molecule has 0 aliphatic carbocycles. The van der Waals surface area contributed by atoms with Crippen molar-refractivity contribution in [2.75, 3.05) is 0 Å². The number of benzene rings is 1. The Morgan fingerprint density at radius 2 is 1.79 bits per heavy atom. The molecule has 0 radical (unpaired) electrons. The number of halogens is 6. The summed E-state index contributed by atoms with van der Waals surface area (Å²) in [5.41, 5.74) is 2.89. The molecule has 0 bridgehead atoms. The van der Waals surface area contributed by atoms with Crippen LogP contribution in [0.2, 0.25) is 5.02 Å². The molecule has 0 aromatic heterocycles. The second-order valence-electron chi connectivity index (χ2n) is 3.56. The van der Waals surface area contributed by atoms with E-state index in [-0.39, 0.29) is 5.02 Å². The SMILES string of the molecule is N[C@H](c1cc(Cl)ccc1[N+](=O)[O-])C(F)(F)C(F)(F)F. The van der Waals surface area contributed by atoms with Crippen molar-refractivity contribution in [3.8, 4) is 0 Å². The molecule has 1 atom stereocenters. The highest BCUT2D eigenvalue weighted by molar-refractivity contribution is 6.30. The minimum Gasteiger partial charge on any atom is -0.318 e. The fraction of sp³-hybridized carbons (Fsp3) is 0.333. The van der Waals surface area contributed by atoms with Crippen molar-refractivity contribution in [3.63, 3.8) is 0 Å². The molecule has 0 aliphatic heterocycles. The Kier molecular flexibility index (Phi) is 4.01. The Morgan fingerprint density at radius 1 is 1.26 bits per heavy atom. The van der Waals surface area contributed by atoms with Gasteiger partial charge in [-0.1, -0.05) is 11.6 Å². The zero-order valence-electron chi connectivity index (χ0n) is 8.92. The van der Waals surface area contributed by atoms with Gasteiger partial charge in [-0.05, 0) is 12.1 Å². The molecule has 10 heteroatoms. The maximum atomic E-state index is 13.1. The Hall–Kier alpha value is -1.48. The van der Waals surface area contributed by atoms with Gasteiger partial charge in [0.15, 0.2) is 0 Å². The van der Waals surface area contributed by atoms with Crippen LogP contribution in [0.3, 0.4) is 0 Å². The average molecular weight is 305 g/mol. The molecule has 2 N–H and O–H groups in total. The van der Waals surface area contributed by atoms with E-state index in [1.165, 1.54) is 0 Å². The van der Waals surface area contributed by atoms with E-state index in [4.69, 9.17) is 17.3 Å². The first kappa shape index (κ1) is 15.6. The predicted octanol–water partition coefficient (Wildman–Crippen LogP) is 3.45. The molecule has 4 nitrogen and oxygen atoms in total. The van der Waals surface area contributed by atoms with Crippen LogP contribution in [0.4, 0.5) is 27.6 Å². The van der Waals surface area contributed by atoms with Gasteiger partial charge >= 0.3 is 12.1 Å². The summed E-state index contributed by atoms with van der Waals surface area (Å²) in [6.07, 6.45) is -5.93. The number of alkyl halides is 5. The maximum absolute atomic E-state index is 13.1. The molecule has 0 unspecified atom stereocenters. The lowest BCUT2D eigenvalue weighted by atomic mass is 9.99. The Morgan fingerprint density at radius 3 is 2.21 bits per heavy atom. The summed E-state index contributed by atoms with van der Waals surface area (Å²) in [6.45, 7) is 0. The van der Waals surface area contributed by atoms with Crippen LogP contribution in [0.15, 0.2) is 18.2 Å². The first-order valence-electron chi connectivity index (χ1n) is 4.62. The minimum absolute atomic E-state index is 0.242. The van der Waals surface area contributed by atoms with Crippen molar-refractivity contribution in [3.05, 3.63) is 38.9 Å². The number of nitro benzene ring substituents is 1. The summed E-state index contributed by atoms with van der Waals surface area (Å²) in [6, 6.07) is -0.609. The highest BCUT2D eigenvalue weighted by Crippen LogP contribution is 2.45. The normalized spacial score (nSPS) is 14.3. The molecule has 0 spiro atoms. The van der Waals surface area contributed by atoms with Crippen LogP contribution in [0.1, 0.15) is 11.6 Å². The minimum atomic E-state index is -5.93. The lowest BCUT2D eigenvalue weighted by Crippen LogP contribution is -2.46. The van der Waals surface area contributed by atoms with E-state index in [2.05, 4.69) is 0 Å². The zero-order chi connectivity index (χ0) is 15.0. The van der Waals surface area contributed by atoms with E-state index < -0.39 is 34.3 Å². The van der Waals surface area contributed by atoms with Crippen LogP contribution in [0.5, 0.6) is 0 Å². The molecule has 0 fully saturated rings. The van der Waals surface area contributed by atoms with Crippen molar-refractivity contribution in [2.45, 2.75) is 18.1 Å². The van der Waals surface area contributed by atoms with Crippen molar-refractivity contribution >= 4 is 17.3 Å². The van der Waals surface area contributed by atoms with Crippen LogP contribution in [0.25, 0.3) is 0 Å². The van der Waals surface area contributed by atoms with Gasteiger partial charge in [-0.3, -0.25) is 10.1 Å². The molecule has 0 aliphatic rings. The molecule has 106 valence electrons. The third-order valence-electron chi connectivity index (χ3n) is 2.29. The smallest absolute Gasteiger partial charge is 0.318 e. The molecule has 0 saturated heterocycles. The lowest BCUT2D eigenvalue weighted by molar-refractivity contribution is -0.386. The van der Waals surface area contributed by atoms with Gasteiger partial charge in [0.25, 0.3) is 5.69 Å². The largest absolute Gasteiger partial charge is 0.455 e. The van der Waals surface area contributed by atoms with E-state index in [1.807, 2.05) is 0 Å². The number of hydrogen-bond acceptors (Lipinski definition) is 3. The molecule has 1 aromatic rings. The predicted molar refractivity (Wildman–Crippen MR) is 56.0 cm³/mol. The maximum Gasteiger partial charge on any atom is 0.455 e. The quantitative estimate of drug-likeness (QED) is 0.528. The fourth-order valence-electron chi connectivity index (χ4n) is 1.31. The molecule has 1 aromatic carbocycles. The van der Waals surface area contributed by atoms with E-state index in [1.54, 1.807) is 0 Å². The number of nitrogens with zero attached hydrogens (tertiary/aromatic N) is 1. The van der Waals surface area contributed by atoms with E-state index in [0.717, 1.165) is 6.07 Å². The lowest BCUT2D eigenvalue weighted by Gasteiger charge is -2.25. The molecular weight excluding hydrogens is 299 g/mol. The number of nitro groups is 1. The first-order valence-corrected chi connectivity index (χ1v) is 5.00. The van der Waals surface area contributed by atoms with Gasteiger partial charge < -0.3 is 5.73 Å². The summed E-state index contributed by atoms with van der Waals surface area (Å²) >= 11 is 5.43. The van der Waals surface area contributed by atoms with Crippen LogP contribution in [0, 0.1) is 10.1 Å². The number of hydrogen-bond donors (Lipinski definition) is 1. The third kappa shape index (κ3) is 2.92. The van der Waals surface area contributed by atoms with Crippen molar-refractivity contribution < 1.29 is 26.9 Å². The Balaban J connectivity index is 3.37. The van der Waals surface area contributed by atoms with E-state index >= 15 is 0 Å². The van der Waals surface area contributed by atoms with Crippen LogP contribution >= 0.6 is 11.6 Å². The molecule has 1 rings (SSSR count). The van der Waals surface area contributed by atoms with Gasteiger partial charge in [0, 0.05) is 11.1 Å². The van der Waals surface area contributed by atoms with Crippen LogP contribution < -0.4 is 5.73 Å². The van der Waals surface area contributed by atoms with E-state index in [9.17, 15) is 32.1 Å². The molecule has 19 heavy (non-hydrogen) atoms. The zero-order valence-corrected chi connectivity index (χ0v) is 9.67. The highest BCUT2D eigenvalue weighted by atomic mass is 35.5. The second-order valence-corrected chi connectivity index (χ2v) is 4.00. The first-order chi connectivity index (χ1) is 8.48. The van der Waals surface area contributed by atoms with Gasteiger partial charge in [0.05, 0.1) is 10.5 Å². The second kappa shape index (κ2) is 4.89. The summed E-state index contributed by atoms with van der Waals surface area (Å²) < 4.78 is 62.6. The Bertz CT molecular complexity index is 506. The number of nitrogens with two attached hydrogens (primary N) is 1. The van der Waals surface area contributed by atoms with Gasteiger partial charge in [-0.25, -0.2) is 0 Å². The summed E-state index contributed by atoms with van der Waals surface area (Å²) in [4.78, 5) is 9.48. The van der Waals surface area contributed by atoms with E-state index in [0.29, 0.717) is 12.1 Å². The highest BCUT2D eigenvalue weighted by Gasteiger charge is 2.62. The van der Waals surface area contributed by atoms with Gasteiger partial charge in [0.1, 0.15) is 6.04 Å². The Labute approximate surface area is 108 Å². The number of rotatable bonds is 3. The van der Waals surface area contributed by atoms with Crippen molar-refractivity contribution in [1.82, 2.24) is 0 Å².